The van der Waals surface area contributed by atoms with E-state index in [-0.39, 0.29) is 12.8 Å². The number of ether oxygens (including phenoxy) is 1. The maximum absolute atomic E-state index is 14.3. The number of likely N-dealkylation sites (tertiary alicyclic amines) is 1. The van der Waals surface area contributed by atoms with Crippen molar-refractivity contribution in [2.75, 3.05) is 6.54 Å². The molecule has 2 aromatic rings. The van der Waals surface area contributed by atoms with Crippen LogP contribution >= 0.6 is 0 Å². The summed E-state index contributed by atoms with van der Waals surface area (Å²) in [6.45, 7) is -1.06. The number of halogens is 9. The normalized spacial score (nSPS) is 22.1. The summed E-state index contributed by atoms with van der Waals surface area (Å²) in [5.74, 6) is -3.61. The SMILES string of the molecule is N#CC1(NC(=O)[C@@H]2C[C@@H](S(=O)(=O)c3ccc(-c4ccccc4OC(F)(F)F)cc3C(F)(F)F)CN2C(=O)C2(C(F)(F)F)CC2)CC1. The smallest absolute Gasteiger partial charge is 0.405 e. The first kappa shape index (κ1) is 33.4. The number of carbonyl (C=O) groups is 2. The van der Waals surface area contributed by atoms with Gasteiger partial charge < -0.3 is 15.0 Å². The van der Waals surface area contributed by atoms with Crippen molar-refractivity contribution in [1.29, 1.82) is 5.26 Å². The third-order valence-electron chi connectivity index (χ3n) is 8.31. The number of benzene rings is 2. The third-order valence-corrected chi connectivity index (χ3v) is 10.5. The first-order chi connectivity index (χ1) is 21.1. The molecule has 1 saturated heterocycles. The van der Waals surface area contributed by atoms with Crippen LogP contribution in [0.1, 0.15) is 37.7 Å². The Morgan fingerprint density at radius 3 is 2.11 bits per heavy atom. The molecule has 1 N–H and O–H groups in total. The van der Waals surface area contributed by atoms with E-state index in [2.05, 4.69) is 10.1 Å². The monoisotopic (exact) mass is 683 g/mol. The van der Waals surface area contributed by atoms with E-state index in [0.717, 1.165) is 24.3 Å². The zero-order valence-corrected chi connectivity index (χ0v) is 24.0. The number of alkyl halides is 9. The second-order valence-corrected chi connectivity index (χ2v) is 13.6. The van der Waals surface area contributed by atoms with Crippen molar-refractivity contribution >= 4 is 21.7 Å². The summed E-state index contributed by atoms with van der Waals surface area (Å²) in [6.07, 6.45) is -17.5. The molecule has 2 aliphatic carbocycles. The maximum Gasteiger partial charge on any atom is 0.573 e. The summed E-state index contributed by atoms with van der Waals surface area (Å²) < 4.78 is 155. The van der Waals surface area contributed by atoms with Gasteiger partial charge >= 0.3 is 18.7 Å². The Hall–Kier alpha value is -4.01. The predicted octanol–water partition coefficient (Wildman–Crippen LogP) is 5.53. The summed E-state index contributed by atoms with van der Waals surface area (Å²) in [5.41, 5.74) is -7.01. The van der Waals surface area contributed by atoms with Gasteiger partial charge in [0, 0.05) is 12.1 Å². The molecule has 2 atom stereocenters. The zero-order chi connectivity index (χ0) is 34.1. The molecule has 3 fully saturated rings. The summed E-state index contributed by atoms with van der Waals surface area (Å²) in [7, 11) is -5.17. The number of nitrogens with zero attached hydrogens (tertiary/aromatic N) is 2. The molecule has 2 amide bonds. The van der Waals surface area contributed by atoms with Crippen molar-refractivity contribution in [2.24, 2.45) is 5.41 Å². The van der Waals surface area contributed by atoms with Gasteiger partial charge in [-0.25, -0.2) is 8.42 Å². The minimum Gasteiger partial charge on any atom is -0.405 e. The van der Waals surface area contributed by atoms with E-state index in [1.54, 1.807) is 0 Å². The summed E-state index contributed by atoms with van der Waals surface area (Å²) in [6, 6.07) is 5.72. The number of para-hydroxylation sites is 1. The van der Waals surface area contributed by atoms with Gasteiger partial charge in [0.2, 0.25) is 11.8 Å². The fourth-order valence-corrected chi connectivity index (χ4v) is 7.38. The van der Waals surface area contributed by atoms with Gasteiger partial charge in [0.1, 0.15) is 22.7 Å². The average Bonchev–Trinajstić information content (AvgIpc) is 3.87. The van der Waals surface area contributed by atoms with E-state index >= 15 is 0 Å². The Morgan fingerprint density at radius 2 is 1.59 bits per heavy atom. The van der Waals surface area contributed by atoms with Crippen molar-refractivity contribution in [1.82, 2.24) is 10.2 Å². The van der Waals surface area contributed by atoms with Crippen LogP contribution < -0.4 is 10.1 Å². The molecule has 3 aliphatic rings. The van der Waals surface area contributed by atoms with E-state index in [1.165, 1.54) is 6.07 Å². The fraction of sp³-hybridized carbons (Fsp3) is 0.464. The van der Waals surface area contributed by atoms with Crippen LogP contribution in [0.25, 0.3) is 11.1 Å². The highest BCUT2D eigenvalue weighted by Gasteiger charge is 2.70. The number of nitriles is 1. The molecule has 2 saturated carbocycles. The molecular formula is C28H22F9N3O5S. The third kappa shape index (κ3) is 6.08. The number of nitrogens with one attached hydrogen (secondary N) is 1. The van der Waals surface area contributed by atoms with E-state index in [1.807, 2.05) is 6.07 Å². The number of carbonyl (C=O) groups excluding carboxylic acids is 2. The van der Waals surface area contributed by atoms with Crippen LogP contribution in [-0.4, -0.2) is 61.0 Å². The van der Waals surface area contributed by atoms with Gasteiger partial charge in [-0.3, -0.25) is 9.59 Å². The lowest BCUT2D eigenvalue weighted by Gasteiger charge is -2.29. The molecule has 0 unspecified atom stereocenters. The van der Waals surface area contributed by atoms with Gasteiger partial charge in [0.15, 0.2) is 9.84 Å². The van der Waals surface area contributed by atoms with Crippen LogP contribution in [-0.2, 0) is 25.6 Å². The van der Waals surface area contributed by atoms with E-state index in [0.29, 0.717) is 17.0 Å². The Bertz CT molecular complexity index is 1720. The van der Waals surface area contributed by atoms with Gasteiger partial charge in [0.25, 0.3) is 0 Å². The Balaban J connectivity index is 1.54. The lowest BCUT2D eigenvalue weighted by molar-refractivity contribution is -0.274. The minimum atomic E-state index is -5.40. The second-order valence-electron chi connectivity index (χ2n) is 11.4. The second kappa shape index (κ2) is 10.8. The Morgan fingerprint density at radius 1 is 0.957 bits per heavy atom. The summed E-state index contributed by atoms with van der Waals surface area (Å²) >= 11 is 0. The highest BCUT2D eigenvalue weighted by Crippen LogP contribution is 2.59. The standard InChI is InChI=1S/C28H22F9N3O5S/c29-26(30,31)18-11-15(17-3-1-2-4-20(17)45-28(35,36)37)5-6-21(18)46(43,44)16-12-19(22(41)39-24(14-38)7-8-24)40(13-16)23(42)25(9-10-25)27(32,33)34/h1-6,11,16,19H,7-10,12-13H2,(H,39,41)/t16-,19+/m1/s1. The first-order valence-corrected chi connectivity index (χ1v) is 15.1. The van der Waals surface area contributed by atoms with Crippen molar-refractivity contribution in [3.8, 4) is 22.9 Å². The largest absolute Gasteiger partial charge is 0.573 e. The van der Waals surface area contributed by atoms with Crippen LogP contribution in [0.15, 0.2) is 47.4 Å². The highest BCUT2D eigenvalue weighted by molar-refractivity contribution is 7.92. The van der Waals surface area contributed by atoms with E-state index in [9.17, 15) is 62.8 Å². The van der Waals surface area contributed by atoms with Crippen LogP contribution in [0.3, 0.4) is 0 Å². The van der Waals surface area contributed by atoms with Gasteiger partial charge in [-0.05, 0) is 55.9 Å². The molecule has 1 heterocycles. The summed E-state index contributed by atoms with van der Waals surface area (Å²) in [4.78, 5) is 25.4. The van der Waals surface area contributed by atoms with Crippen molar-refractivity contribution in [3.63, 3.8) is 0 Å². The van der Waals surface area contributed by atoms with Crippen molar-refractivity contribution < 1.29 is 62.3 Å². The molecule has 5 rings (SSSR count). The van der Waals surface area contributed by atoms with Crippen LogP contribution in [0.2, 0.25) is 0 Å². The lowest BCUT2D eigenvalue weighted by atomic mass is 10.0. The number of hydrogen-bond donors (Lipinski definition) is 1. The van der Waals surface area contributed by atoms with Gasteiger partial charge in [-0.1, -0.05) is 24.3 Å². The lowest BCUT2D eigenvalue weighted by Crippen LogP contribution is -2.53. The quantitative estimate of drug-likeness (QED) is 0.384. The molecule has 0 aromatic heterocycles. The molecule has 1 aliphatic heterocycles. The maximum atomic E-state index is 14.3. The molecule has 8 nitrogen and oxygen atoms in total. The molecular weight excluding hydrogens is 661 g/mol. The fourth-order valence-electron chi connectivity index (χ4n) is 5.49. The van der Waals surface area contributed by atoms with Crippen LogP contribution in [0.5, 0.6) is 5.75 Å². The molecule has 0 bridgehead atoms. The molecule has 46 heavy (non-hydrogen) atoms. The van der Waals surface area contributed by atoms with E-state index in [4.69, 9.17) is 0 Å². The van der Waals surface area contributed by atoms with Crippen molar-refractivity contribution in [3.05, 3.63) is 48.0 Å². The topological polar surface area (TPSA) is 117 Å². The first-order valence-electron chi connectivity index (χ1n) is 13.6. The van der Waals surface area contributed by atoms with Crippen LogP contribution in [0, 0.1) is 16.7 Å². The molecule has 18 heteroatoms. The van der Waals surface area contributed by atoms with Gasteiger partial charge in [0.05, 0.1) is 21.8 Å². The predicted molar refractivity (Wildman–Crippen MR) is 138 cm³/mol. The number of rotatable bonds is 7. The van der Waals surface area contributed by atoms with Gasteiger partial charge in [-0.15, -0.1) is 13.2 Å². The molecule has 0 spiro atoms. The average molecular weight is 684 g/mol. The molecule has 248 valence electrons. The van der Waals surface area contributed by atoms with Crippen LogP contribution in [0.4, 0.5) is 39.5 Å². The number of amides is 2. The molecule has 0 radical (unpaired) electrons. The highest BCUT2D eigenvalue weighted by atomic mass is 32.2. The minimum absolute atomic E-state index is 0.183. The van der Waals surface area contributed by atoms with Gasteiger partial charge in [-0.2, -0.15) is 31.6 Å². The Kier molecular flexibility index (Phi) is 7.81. The van der Waals surface area contributed by atoms with E-state index < -0.39 is 116 Å². The number of sulfone groups is 1. The Labute approximate surface area is 255 Å². The summed E-state index contributed by atoms with van der Waals surface area (Å²) in [5, 5.41) is 9.65. The molecule has 2 aromatic carbocycles. The zero-order valence-electron chi connectivity index (χ0n) is 23.2. The number of hydrogen-bond acceptors (Lipinski definition) is 6. The van der Waals surface area contributed by atoms with Crippen molar-refractivity contribution in [2.45, 2.75) is 72.5 Å².